The monoisotopic (exact) mass is 357 g/mol. The summed E-state index contributed by atoms with van der Waals surface area (Å²) in [7, 11) is 0. The van der Waals surface area contributed by atoms with Gasteiger partial charge in [-0.3, -0.25) is 4.79 Å². The van der Waals surface area contributed by atoms with Crippen LogP contribution < -0.4 is 5.32 Å². The third-order valence-corrected chi connectivity index (χ3v) is 5.31. The molecule has 0 aliphatic carbocycles. The average Bonchev–Trinajstić information content (AvgIpc) is 2.87. The number of rotatable bonds is 6. The zero-order valence-corrected chi connectivity index (χ0v) is 14.7. The van der Waals surface area contributed by atoms with Crippen molar-refractivity contribution in [1.29, 1.82) is 0 Å². The van der Waals surface area contributed by atoms with Crippen molar-refractivity contribution in [1.82, 2.24) is 15.1 Å². The van der Waals surface area contributed by atoms with Gasteiger partial charge in [0.25, 0.3) is 0 Å². The van der Waals surface area contributed by atoms with E-state index in [0.29, 0.717) is 19.7 Å². The Kier molecular flexibility index (Phi) is 6.10. The first-order chi connectivity index (χ1) is 10.5. The molecule has 1 N–H and O–H groups in total. The normalized spacial score (nSPS) is 12.1. The lowest BCUT2D eigenvalue weighted by Gasteiger charge is -2.10. The second kappa shape index (κ2) is 7.85. The highest BCUT2D eigenvalue weighted by Gasteiger charge is 2.10. The summed E-state index contributed by atoms with van der Waals surface area (Å²) < 4.78 is 15.8. The van der Waals surface area contributed by atoms with Gasteiger partial charge < -0.3 is 5.32 Å². The lowest BCUT2D eigenvalue weighted by molar-refractivity contribution is -0.119. The number of hydrogen-bond donors (Lipinski definition) is 1. The number of amides is 1. The molecule has 1 aromatic carbocycles. The Morgan fingerprint density at radius 1 is 1.50 bits per heavy atom. The van der Waals surface area contributed by atoms with Crippen LogP contribution in [-0.4, -0.2) is 27.5 Å². The maximum Gasteiger partial charge on any atom is 0.230 e. The number of thioether (sulfide) groups is 1. The summed E-state index contributed by atoms with van der Waals surface area (Å²) in [4.78, 5) is 11.8. The summed E-state index contributed by atoms with van der Waals surface area (Å²) in [5.41, 5.74) is 0.707. The fourth-order valence-electron chi connectivity index (χ4n) is 1.61. The lowest BCUT2D eigenvalue weighted by atomic mass is 10.3. The molecule has 1 atom stereocenters. The molecule has 0 bridgehead atoms. The number of aromatic nitrogens is 2. The number of carbonyl (C=O) groups is 1. The number of benzene rings is 1. The second-order valence-electron chi connectivity index (χ2n) is 4.69. The number of nitrogens with one attached hydrogen (secondary N) is 1. The van der Waals surface area contributed by atoms with Crippen molar-refractivity contribution in [2.45, 2.75) is 30.6 Å². The highest BCUT2D eigenvalue weighted by molar-refractivity contribution is 8.01. The fourth-order valence-corrected chi connectivity index (χ4v) is 3.78. The summed E-state index contributed by atoms with van der Waals surface area (Å²) in [5, 5.41) is 7.27. The molecule has 4 nitrogen and oxygen atoms in total. The van der Waals surface area contributed by atoms with Gasteiger partial charge in [-0.05, 0) is 49.8 Å². The van der Waals surface area contributed by atoms with Crippen LogP contribution in [0.4, 0.5) is 4.39 Å². The molecule has 8 heteroatoms. The smallest absolute Gasteiger partial charge is 0.230 e. The zero-order chi connectivity index (χ0) is 16.1. The zero-order valence-electron chi connectivity index (χ0n) is 12.2. The second-order valence-corrected chi connectivity index (χ2v) is 7.53. The third-order valence-electron chi connectivity index (χ3n) is 2.95. The van der Waals surface area contributed by atoms with Gasteiger partial charge in [0, 0.05) is 6.04 Å². The maximum absolute atomic E-state index is 12.9. The van der Waals surface area contributed by atoms with Gasteiger partial charge in [-0.2, -0.15) is 0 Å². The van der Waals surface area contributed by atoms with E-state index in [4.69, 9.17) is 12.2 Å². The minimum atomic E-state index is -0.304. The summed E-state index contributed by atoms with van der Waals surface area (Å²) in [5.74, 6) is -0.0219. The number of hydrogen-bond acceptors (Lipinski definition) is 5. The molecule has 22 heavy (non-hydrogen) atoms. The molecular weight excluding hydrogens is 341 g/mol. The van der Waals surface area contributed by atoms with Gasteiger partial charge in [0.05, 0.1) is 11.4 Å². The van der Waals surface area contributed by atoms with Gasteiger partial charge in [-0.25, -0.2) is 9.07 Å². The molecule has 2 aromatic rings. The number of nitrogens with zero attached hydrogens (tertiary/aromatic N) is 2. The van der Waals surface area contributed by atoms with Gasteiger partial charge in [-0.15, -0.1) is 5.10 Å². The van der Waals surface area contributed by atoms with Crippen molar-refractivity contribution in [3.05, 3.63) is 34.0 Å². The molecule has 0 saturated carbocycles. The minimum Gasteiger partial charge on any atom is -0.353 e. The maximum atomic E-state index is 12.9. The van der Waals surface area contributed by atoms with Crippen LogP contribution >= 0.6 is 35.3 Å². The Labute approximate surface area is 141 Å². The van der Waals surface area contributed by atoms with Crippen molar-refractivity contribution >= 4 is 41.2 Å². The van der Waals surface area contributed by atoms with Gasteiger partial charge >= 0.3 is 0 Å². The van der Waals surface area contributed by atoms with Crippen LogP contribution in [0.1, 0.15) is 20.3 Å². The van der Waals surface area contributed by atoms with Gasteiger partial charge in [0.1, 0.15) is 5.82 Å². The van der Waals surface area contributed by atoms with Crippen molar-refractivity contribution in [2.75, 3.05) is 5.75 Å². The van der Waals surface area contributed by atoms with E-state index >= 15 is 0 Å². The SMILES string of the molecule is CCC(C)NC(=O)CSc1nn(-c2ccc(F)cc2)c(=S)s1. The summed E-state index contributed by atoms with van der Waals surface area (Å²) in [6.07, 6.45) is 0.897. The summed E-state index contributed by atoms with van der Waals surface area (Å²) in [6.45, 7) is 3.99. The van der Waals surface area contributed by atoms with Crippen LogP contribution in [0.25, 0.3) is 5.69 Å². The van der Waals surface area contributed by atoms with Gasteiger partial charge in [0.2, 0.25) is 5.91 Å². The molecule has 0 saturated heterocycles. The first-order valence-electron chi connectivity index (χ1n) is 6.78. The van der Waals surface area contributed by atoms with Crippen LogP contribution in [-0.2, 0) is 4.79 Å². The van der Waals surface area contributed by atoms with E-state index in [9.17, 15) is 9.18 Å². The van der Waals surface area contributed by atoms with E-state index < -0.39 is 0 Å². The van der Waals surface area contributed by atoms with E-state index in [1.807, 2.05) is 13.8 Å². The van der Waals surface area contributed by atoms with E-state index in [1.54, 1.807) is 16.8 Å². The number of carbonyl (C=O) groups excluding carboxylic acids is 1. The Morgan fingerprint density at radius 3 is 2.82 bits per heavy atom. The van der Waals surface area contributed by atoms with Crippen molar-refractivity contribution < 1.29 is 9.18 Å². The van der Waals surface area contributed by atoms with Crippen molar-refractivity contribution in [3.63, 3.8) is 0 Å². The molecule has 0 aliphatic heterocycles. The van der Waals surface area contributed by atoms with Gasteiger partial charge in [-0.1, -0.05) is 30.0 Å². The van der Waals surface area contributed by atoms with E-state index in [1.165, 1.54) is 35.2 Å². The molecule has 0 fully saturated rings. The first-order valence-corrected chi connectivity index (χ1v) is 8.99. The summed E-state index contributed by atoms with van der Waals surface area (Å²) >= 11 is 7.95. The molecule has 1 amide bonds. The predicted molar refractivity (Wildman–Crippen MR) is 90.9 cm³/mol. The quantitative estimate of drug-likeness (QED) is 0.631. The Bertz CT molecular complexity index is 696. The van der Waals surface area contributed by atoms with Crippen molar-refractivity contribution in [3.8, 4) is 5.69 Å². The third kappa shape index (κ3) is 4.62. The molecule has 0 radical (unpaired) electrons. The summed E-state index contributed by atoms with van der Waals surface area (Å²) in [6, 6.07) is 6.14. The van der Waals surface area contributed by atoms with Crippen LogP contribution in [0, 0.1) is 9.77 Å². The van der Waals surface area contributed by atoms with Crippen LogP contribution in [0.15, 0.2) is 28.6 Å². The average molecular weight is 358 g/mol. The largest absolute Gasteiger partial charge is 0.353 e. The van der Waals surface area contributed by atoms with Crippen LogP contribution in [0.5, 0.6) is 0 Å². The minimum absolute atomic E-state index is 0.0196. The van der Waals surface area contributed by atoms with Gasteiger partial charge in [0.15, 0.2) is 8.29 Å². The Morgan fingerprint density at radius 2 is 2.18 bits per heavy atom. The first kappa shape index (κ1) is 17.1. The van der Waals surface area contributed by atoms with Crippen molar-refractivity contribution in [2.24, 2.45) is 0 Å². The highest BCUT2D eigenvalue weighted by atomic mass is 32.2. The molecule has 1 aromatic heterocycles. The Balaban J connectivity index is 2.02. The topological polar surface area (TPSA) is 46.9 Å². The number of halogens is 1. The molecule has 2 rings (SSSR count). The molecule has 0 spiro atoms. The Hall–Kier alpha value is -1.25. The van der Waals surface area contributed by atoms with Crippen LogP contribution in [0.2, 0.25) is 0 Å². The van der Waals surface area contributed by atoms with E-state index in [-0.39, 0.29) is 17.8 Å². The highest BCUT2D eigenvalue weighted by Crippen LogP contribution is 2.24. The van der Waals surface area contributed by atoms with E-state index in [0.717, 1.165) is 6.42 Å². The molecule has 0 aliphatic rings. The molecule has 1 unspecified atom stereocenters. The lowest BCUT2D eigenvalue weighted by Crippen LogP contribution is -2.33. The molecule has 118 valence electrons. The van der Waals surface area contributed by atoms with Crippen LogP contribution in [0.3, 0.4) is 0 Å². The van der Waals surface area contributed by atoms with E-state index in [2.05, 4.69) is 10.4 Å². The fraction of sp³-hybridized carbons (Fsp3) is 0.357. The molecular formula is C14H16FN3OS3. The predicted octanol–water partition coefficient (Wildman–Crippen LogP) is 3.81. The molecule has 1 heterocycles. The standard InChI is InChI=1S/C14H16FN3OS3/c1-3-9(2)16-12(19)8-21-13-17-18(14(20)22-13)11-6-4-10(15)5-7-11/h4-7,9H,3,8H2,1-2H3,(H,16,19).